The van der Waals surface area contributed by atoms with Gasteiger partial charge in [-0.25, -0.2) is 0 Å². The van der Waals surface area contributed by atoms with Gasteiger partial charge in [0, 0.05) is 5.02 Å². The average molecular weight is 278 g/mol. The smallest absolute Gasteiger partial charge is 0.252 e. The Morgan fingerprint density at radius 1 is 1.26 bits per heavy atom. The molecule has 0 aliphatic rings. The third kappa shape index (κ3) is 3.24. The van der Waals surface area contributed by atoms with Crippen LogP contribution in [0.4, 0.5) is 0 Å². The van der Waals surface area contributed by atoms with Crippen LogP contribution >= 0.6 is 11.6 Å². The number of hydrogen-bond acceptors (Lipinski definition) is 3. The van der Waals surface area contributed by atoms with Crippen LogP contribution in [-0.2, 0) is 6.61 Å². The third-order valence-corrected chi connectivity index (χ3v) is 2.75. The van der Waals surface area contributed by atoms with E-state index in [2.05, 4.69) is 0 Å². The summed E-state index contributed by atoms with van der Waals surface area (Å²) in [5, 5.41) is 9.47. The Balaban J connectivity index is 2.34. The quantitative estimate of drug-likeness (QED) is 0.902. The Morgan fingerprint density at radius 3 is 2.74 bits per heavy atom. The normalized spacial score (nSPS) is 10.2. The fraction of sp³-hybridized carbons (Fsp3) is 0.0714. The molecule has 0 saturated carbocycles. The van der Waals surface area contributed by atoms with E-state index in [0.717, 1.165) is 0 Å². The van der Waals surface area contributed by atoms with Crippen LogP contribution in [0.5, 0.6) is 11.5 Å². The summed E-state index contributed by atoms with van der Waals surface area (Å²) >= 11 is 5.82. The van der Waals surface area contributed by atoms with Gasteiger partial charge in [0.05, 0.1) is 12.2 Å². The molecule has 0 unspecified atom stereocenters. The van der Waals surface area contributed by atoms with Gasteiger partial charge in [0.25, 0.3) is 5.91 Å². The molecule has 0 atom stereocenters. The molecule has 2 aromatic carbocycles. The summed E-state index contributed by atoms with van der Waals surface area (Å²) in [6.07, 6.45) is 0. The first-order valence-corrected chi connectivity index (χ1v) is 5.95. The molecule has 2 rings (SSSR count). The molecule has 4 nitrogen and oxygen atoms in total. The lowest BCUT2D eigenvalue weighted by Gasteiger charge is -2.10. The van der Waals surface area contributed by atoms with Crippen molar-refractivity contribution in [2.45, 2.75) is 6.61 Å². The van der Waals surface area contributed by atoms with Gasteiger partial charge < -0.3 is 15.6 Å². The summed E-state index contributed by atoms with van der Waals surface area (Å²) in [6.45, 7) is -0.0828. The lowest BCUT2D eigenvalue weighted by Crippen LogP contribution is -2.12. The van der Waals surface area contributed by atoms with Crippen LogP contribution in [0.25, 0.3) is 0 Å². The number of carbonyl (C=O) groups excluding carboxylic acids is 1. The highest BCUT2D eigenvalue weighted by Crippen LogP contribution is 2.28. The minimum absolute atomic E-state index is 0.0828. The number of nitrogens with two attached hydrogens (primary N) is 1. The van der Waals surface area contributed by atoms with Crippen molar-refractivity contribution in [2.75, 3.05) is 0 Å². The van der Waals surface area contributed by atoms with Crippen LogP contribution in [-0.4, -0.2) is 11.0 Å². The predicted octanol–water partition coefficient (Wildman–Crippen LogP) is 2.72. The lowest BCUT2D eigenvalue weighted by atomic mass is 10.2. The third-order valence-electron chi connectivity index (χ3n) is 2.52. The van der Waals surface area contributed by atoms with Crippen molar-refractivity contribution in [3.63, 3.8) is 0 Å². The molecule has 3 N–H and O–H groups in total. The van der Waals surface area contributed by atoms with Crippen molar-refractivity contribution in [3.8, 4) is 11.5 Å². The zero-order chi connectivity index (χ0) is 13.8. The maximum atomic E-state index is 11.3. The van der Waals surface area contributed by atoms with Crippen molar-refractivity contribution in [1.29, 1.82) is 0 Å². The van der Waals surface area contributed by atoms with Gasteiger partial charge in [0.15, 0.2) is 0 Å². The highest BCUT2D eigenvalue weighted by atomic mass is 35.5. The zero-order valence-electron chi connectivity index (χ0n) is 9.97. The molecule has 0 saturated heterocycles. The maximum Gasteiger partial charge on any atom is 0.252 e. The number of rotatable bonds is 4. The predicted molar refractivity (Wildman–Crippen MR) is 72.4 cm³/mol. The molecule has 0 aliphatic carbocycles. The first kappa shape index (κ1) is 13.4. The van der Waals surface area contributed by atoms with Gasteiger partial charge in [-0.2, -0.15) is 0 Å². The van der Waals surface area contributed by atoms with Crippen molar-refractivity contribution >= 4 is 17.5 Å². The van der Waals surface area contributed by atoms with Gasteiger partial charge in [0.1, 0.15) is 11.5 Å². The summed E-state index contributed by atoms with van der Waals surface area (Å²) in [7, 11) is 0. The number of aliphatic hydroxyl groups excluding tert-OH is 1. The fourth-order valence-corrected chi connectivity index (χ4v) is 1.79. The molecule has 0 fully saturated rings. The first-order valence-electron chi connectivity index (χ1n) is 5.57. The van der Waals surface area contributed by atoms with E-state index >= 15 is 0 Å². The second-order valence-corrected chi connectivity index (χ2v) is 4.35. The summed E-state index contributed by atoms with van der Waals surface area (Å²) in [5.41, 5.74) is 6.20. The molecule has 0 radical (unpaired) electrons. The van der Waals surface area contributed by atoms with Gasteiger partial charge in [-0.15, -0.1) is 0 Å². The van der Waals surface area contributed by atoms with Crippen LogP contribution in [0.2, 0.25) is 5.02 Å². The minimum atomic E-state index is -0.615. The van der Waals surface area contributed by atoms with Crippen LogP contribution in [0, 0.1) is 0 Å². The van der Waals surface area contributed by atoms with Crippen molar-refractivity contribution in [2.24, 2.45) is 5.73 Å². The van der Waals surface area contributed by atoms with Crippen molar-refractivity contribution in [1.82, 2.24) is 0 Å². The molecule has 0 aliphatic heterocycles. The molecule has 2 aromatic rings. The van der Waals surface area contributed by atoms with Gasteiger partial charge >= 0.3 is 0 Å². The number of aliphatic hydroxyl groups is 1. The minimum Gasteiger partial charge on any atom is -0.457 e. The van der Waals surface area contributed by atoms with Gasteiger partial charge in [0.2, 0.25) is 0 Å². The number of benzene rings is 2. The Kier molecular flexibility index (Phi) is 4.04. The second-order valence-electron chi connectivity index (χ2n) is 3.91. The molecular weight excluding hydrogens is 266 g/mol. The van der Waals surface area contributed by atoms with Gasteiger partial charge in [-0.3, -0.25) is 4.79 Å². The van der Waals surface area contributed by atoms with E-state index in [1.165, 1.54) is 6.07 Å². The summed E-state index contributed by atoms with van der Waals surface area (Å²) in [6, 6.07) is 11.6. The van der Waals surface area contributed by atoms with Crippen LogP contribution in [0.15, 0.2) is 42.5 Å². The SMILES string of the molecule is NC(=O)c1cc(Cl)ccc1Oc1cccc(CO)c1. The van der Waals surface area contributed by atoms with Crippen molar-refractivity contribution in [3.05, 3.63) is 58.6 Å². The Bertz CT molecular complexity index is 613. The van der Waals surface area contributed by atoms with Crippen molar-refractivity contribution < 1.29 is 14.6 Å². The average Bonchev–Trinajstić information content (AvgIpc) is 2.41. The van der Waals surface area contributed by atoms with Crippen LogP contribution in [0.1, 0.15) is 15.9 Å². The fourth-order valence-electron chi connectivity index (χ4n) is 1.62. The number of hydrogen-bond donors (Lipinski definition) is 2. The summed E-state index contributed by atoms with van der Waals surface area (Å²) in [5.74, 6) is 0.221. The topological polar surface area (TPSA) is 72.6 Å². The molecule has 0 aromatic heterocycles. The van der Waals surface area contributed by atoms with Crippen LogP contribution < -0.4 is 10.5 Å². The largest absolute Gasteiger partial charge is 0.457 e. The standard InChI is InChI=1S/C14H12ClNO3/c15-10-4-5-13(12(7-10)14(16)18)19-11-3-1-2-9(6-11)8-17/h1-7,17H,8H2,(H2,16,18). The molecular formula is C14H12ClNO3. The molecule has 1 amide bonds. The van der Waals surface area contributed by atoms with E-state index in [1.807, 2.05) is 0 Å². The number of ether oxygens (including phenoxy) is 1. The van der Waals surface area contributed by atoms with E-state index in [-0.39, 0.29) is 12.2 Å². The van der Waals surface area contributed by atoms with E-state index in [4.69, 9.17) is 27.2 Å². The number of primary amides is 1. The van der Waals surface area contributed by atoms with Crippen LogP contribution in [0.3, 0.4) is 0 Å². The molecule has 0 bridgehead atoms. The maximum absolute atomic E-state index is 11.3. The Hall–Kier alpha value is -2.04. The molecule has 5 heteroatoms. The Labute approximate surface area is 115 Å². The second kappa shape index (κ2) is 5.73. The zero-order valence-corrected chi connectivity index (χ0v) is 10.7. The van der Waals surface area contributed by atoms with Gasteiger partial charge in [-0.1, -0.05) is 23.7 Å². The summed E-state index contributed by atoms with van der Waals surface area (Å²) < 4.78 is 5.60. The monoisotopic (exact) mass is 277 g/mol. The molecule has 19 heavy (non-hydrogen) atoms. The van der Waals surface area contributed by atoms with E-state index in [0.29, 0.717) is 22.1 Å². The number of carbonyl (C=O) groups is 1. The lowest BCUT2D eigenvalue weighted by molar-refractivity contribution is 0.0998. The van der Waals surface area contributed by atoms with E-state index < -0.39 is 5.91 Å². The van der Waals surface area contributed by atoms with E-state index in [1.54, 1.807) is 36.4 Å². The number of halogens is 1. The van der Waals surface area contributed by atoms with Gasteiger partial charge in [-0.05, 0) is 35.9 Å². The molecule has 0 spiro atoms. The molecule has 0 heterocycles. The number of amides is 1. The molecule has 98 valence electrons. The first-order chi connectivity index (χ1) is 9.10. The summed E-state index contributed by atoms with van der Waals surface area (Å²) in [4.78, 5) is 11.3. The highest BCUT2D eigenvalue weighted by molar-refractivity contribution is 6.31. The van der Waals surface area contributed by atoms with E-state index in [9.17, 15) is 4.79 Å². The Morgan fingerprint density at radius 2 is 2.05 bits per heavy atom. The highest BCUT2D eigenvalue weighted by Gasteiger charge is 2.11.